The van der Waals surface area contributed by atoms with E-state index in [0.29, 0.717) is 13.0 Å². The van der Waals surface area contributed by atoms with E-state index in [4.69, 9.17) is 4.74 Å². The Kier molecular flexibility index (Phi) is 6.13. The topological polar surface area (TPSA) is 65.1 Å². The molecule has 2 fully saturated rings. The van der Waals surface area contributed by atoms with E-state index in [1.165, 1.54) is 5.69 Å². The summed E-state index contributed by atoms with van der Waals surface area (Å²) < 4.78 is 5.44. The third-order valence-corrected chi connectivity index (χ3v) is 5.19. The van der Waals surface area contributed by atoms with Crippen molar-refractivity contribution in [3.63, 3.8) is 0 Å². The van der Waals surface area contributed by atoms with Gasteiger partial charge >= 0.3 is 6.09 Å². The second-order valence-corrected chi connectivity index (χ2v) is 8.66. The number of likely N-dealkylation sites (tertiary alicyclic amines) is 1. The molecule has 1 unspecified atom stereocenters. The fourth-order valence-corrected chi connectivity index (χ4v) is 3.62. The third-order valence-electron chi connectivity index (χ3n) is 5.19. The van der Waals surface area contributed by atoms with Crippen LogP contribution in [0.25, 0.3) is 0 Å². The number of nitrogens with zero attached hydrogens (tertiary/aromatic N) is 3. The Hall–Kier alpha value is -2.28. The molecule has 1 aromatic carbocycles. The first-order valence-electron chi connectivity index (χ1n) is 10.1. The standard InChI is InChI=1S/C21H32N4O3/c1-21(2,3)28-20(27)25-11-5-6-18(25)19(26)22-16-7-9-17(10-8-16)24-14-12-23(4)13-15-24/h7-10,18H,5-6,11-15H2,1-4H3,(H,22,26). The molecule has 1 N–H and O–H groups in total. The average molecular weight is 389 g/mol. The highest BCUT2D eigenvalue weighted by Gasteiger charge is 2.36. The fraction of sp³-hybridized carbons (Fsp3) is 0.619. The molecule has 7 nitrogen and oxygen atoms in total. The predicted octanol–water partition coefficient (Wildman–Crippen LogP) is 2.78. The maximum absolute atomic E-state index is 12.7. The zero-order valence-corrected chi connectivity index (χ0v) is 17.4. The number of piperazine rings is 1. The highest BCUT2D eigenvalue weighted by Crippen LogP contribution is 2.23. The van der Waals surface area contributed by atoms with Gasteiger partial charge in [-0.15, -0.1) is 0 Å². The van der Waals surface area contributed by atoms with Crippen molar-refractivity contribution in [3.8, 4) is 0 Å². The second-order valence-electron chi connectivity index (χ2n) is 8.66. The molecule has 2 saturated heterocycles. The van der Waals surface area contributed by atoms with Gasteiger partial charge in [-0.3, -0.25) is 9.69 Å². The Labute approximate surface area is 167 Å². The highest BCUT2D eigenvalue weighted by atomic mass is 16.6. The molecule has 1 atom stereocenters. The van der Waals surface area contributed by atoms with Gasteiger partial charge in [0.15, 0.2) is 0 Å². The molecule has 0 aromatic heterocycles. The van der Waals surface area contributed by atoms with E-state index in [-0.39, 0.29) is 5.91 Å². The Balaban J connectivity index is 1.58. The maximum Gasteiger partial charge on any atom is 0.410 e. The van der Waals surface area contributed by atoms with Crippen LogP contribution in [-0.4, -0.2) is 73.2 Å². The van der Waals surface area contributed by atoms with Gasteiger partial charge in [0.05, 0.1) is 0 Å². The Morgan fingerprint density at radius 2 is 1.68 bits per heavy atom. The molecule has 0 saturated carbocycles. The van der Waals surface area contributed by atoms with Gasteiger partial charge in [0.25, 0.3) is 0 Å². The number of likely N-dealkylation sites (N-methyl/N-ethyl adjacent to an activating group) is 1. The number of benzene rings is 1. The molecule has 0 aliphatic carbocycles. The van der Waals surface area contributed by atoms with Gasteiger partial charge in [-0.25, -0.2) is 4.79 Å². The van der Waals surface area contributed by atoms with Crippen molar-refractivity contribution >= 4 is 23.4 Å². The number of rotatable bonds is 3. The molecule has 2 aliphatic heterocycles. The van der Waals surface area contributed by atoms with E-state index in [1.54, 1.807) is 4.90 Å². The van der Waals surface area contributed by atoms with E-state index >= 15 is 0 Å². The number of amides is 2. The summed E-state index contributed by atoms with van der Waals surface area (Å²) in [6.07, 6.45) is 1.04. The summed E-state index contributed by atoms with van der Waals surface area (Å²) in [4.78, 5) is 31.3. The molecule has 2 aliphatic rings. The molecule has 0 bridgehead atoms. The summed E-state index contributed by atoms with van der Waals surface area (Å²) in [5, 5.41) is 2.95. The van der Waals surface area contributed by atoms with Gasteiger partial charge in [-0.2, -0.15) is 0 Å². The van der Waals surface area contributed by atoms with E-state index in [1.807, 2.05) is 45.0 Å². The summed E-state index contributed by atoms with van der Waals surface area (Å²) in [6, 6.07) is 7.46. The quantitative estimate of drug-likeness (QED) is 0.863. The fourth-order valence-electron chi connectivity index (χ4n) is 3.62. The van der Waals surface area contributed by atoms with Crippen molar-refractivity contribution in [2.24, 2.45) is 0 Å². The predicted molar refractivity (Wildman–Crippen MR) is 111 cm³/mol. The monoisotopic (exact) mass is 388 g/mol. The number of anilines is 2. The first-order chi connectivity index (χ1) is 13.2. The SMILES string of the molecule is CN1CCN(c2ccc(NC(=O)C3CCCN3C(=O)OC(C)(C)C)cc2)CC1. The number of hydrogen-bond acceptors (Lipinski definition) is 5. The molecule has 0 spiro atoms. The van der Waals surface area contributed by atoms with Gasteiger partial charge in [0, 0.05) is 44.1 Å². The van der Waals surface area contributed by atoms with Crippen molar-refractivity contribution in [1.82, 2.24) is 9.80 Å². The number of hydrogen-bond donors (Lipinski definition) is 1. The van der Waals surface area contributed by atoms with Crippen molar-refractivity contribution in [1.29, 1.82) is 0 Å². The van der Waals surface area contributed by atoms with Gasteiger partial charge in [-0.1, -0.05) is 0 Å². The highest BCUT2D eigenvalue weighted by molar-refractivity contribution is 5.97. The van der Waals surface area contributed by atoms with Crippen LogP contribution in [0.5, 0.6) is 0 Å². The molecule has 0 radical (unpaired) electrons. The molecule has 2 amide bonds. The summed E-state index contributed by atoms with van der Waals surface area (Å²) in [7, 11) is 2.14. The minimum Gasteiger partial charge on any atom is -0.444 e. The van der Waals surface area contributed by atoms with Gasteiger partial charge in [0.2, 0.25) is 5.91 Å². The largest absolute Gasteiger partial charge is 0.444 e. The normalized spacial score (nSPS) is 20.9. The molecular formula is C21H32N4O3. The summed E-state index contributed by atoms with van der Waals surface area (Å²) in [6.45, 7) is 10.2. The molecule has 2 heterocycles. The number of nitrogens with one attached hydrogen (secondary N) is 1. The Morgan fingerprint density at radius 3 is 2.29 bits per heavy atom. The van der Waals surface area contributed by atoms with Gasteiger partial charge in [-0.05, 0) is 64.9 Å². The zero-order valence-electron chi connectivity index (χ0n) is 17.4. The maximum atomic E-state index is 12.7. The lowest BCUT2D eigenvalue weighted by atomic mass is 10.2. The molecule has 28 heavy (non-hydrogen) atoms. The van der Waals surface area contributed by atoms with Crippen LogP contribution in [-0.2, 0) is 9.53 Å². The van der Waals surface area contributed by atoms with Crippen molar-refractivity contribution in [3.05, 3.63) is 24.3 Å². The van der Waals surface area contributed by atoms with Crippen LogP contribution in [0.15, 0.2) is 24.3 Å². The van der Waals surface area contributed by atoms with Gasteiger partial charge < -0.3 is 19.9 Å². The van der Waals surface area contributed by atoms with E-state index in [9.17, 15) is 9.59 Å². The number of carbonyl (C=O) groups excluding carboxylic acids is 2. The smallest absolute Gasteiger partial charge is 0.410 e. The molecule has 154 valence electrons. The Morgan fingerprint density at radius 1 is 1.04 bits per heavy atom. The van der Waals surface area contributed by atoms with E-state index in [0.717, 1.165) is 38.3 Å². The van der Waals surface area contributed by atoms with Crippen LogP contribution in [0.3, 0.4) is 0 Å². The number of carbonyl (C=O) groups is 2. The molecule has 1 aromatic rings. The summed E-state index contributed by atoms with van der Waals surface area (Å²) in [5.74, 6) is -0.157. The van der Waals surface area contributed by atoms with Gasteiger partial charge in [0.1, 0.15) is 11.6 Å². The third kappa shape index (κ3) is 5.16. The second kappa shape index (κ2) is 8.39. The van der Waals surface area contributed by atoms with Crippen molar-refractivity contribution < 1.29 is 14.3 Å². The first kappa shape index (κ1) is 20.5. The lowest BCUT2D eigenvalue weighted by Gasteiger charge is -2.34. The minimum absolute atomic E-state index is 0.157. The summed E-state index contributed by atoms with van der Waals surface area (Å²) in [5.41, 5.74) is 1.35. The van der Waals surface area contributed by atoms with Crippen LogP contribution in [0.2, 0.25) is 0 Å². The van der Waals surface area contributed by atoms with Crippen LogP contribution >= 0.6 is 0 Å². The van der Waals surface area contributed by atoms with Crippen LogP contribution in [0, 0.1) is 0 Å². The van der Waals surface area contributed by atoms with Crippen LogP contribution in [0.4, 0.5) is 16.2 Å². The zero-order chi connectivity index (χ0) is 20.3. The Bertz CT molecular complexity index is 691. The van der Waals surface area contributed by atoms with Crippen molar-refractivity contribution in [2.75, 3.05) is 50.0 Å². The van der Waals surface area contributed by atoms with Crippen molar-refractivity contribution in [2.45, 2.75) is 45.3 Å². The van der Waals surface area contributed by atoms with Crippen LogP contribution < -0.4 is 10.2 Å². The average Bonchev–Trinajstić information content (AvgIpc) is 3.12. The lowest BCUT2D eigenvalue weighted by molar-refractivity contribution is -0.120. The first-order valence-corrected chi connectivity index (χ1v) is 10.1. The molecule has 7 heteroatoms. The number of ether oxygens (including phenoxy) is 1. The minimum atomic E-state index is -0.570. The summed E-state index contributed by atoms with van der Waals surface area (Å²) >= 11 is 0. The van der Waals surface area contributed by atoms with E-state index < -0.39 is 17.7 Å². The van der Waals surface area contributed by atoms with Crippen LogP contribution in [0.1, 0.15) is 33.6 Å². The van der Waals surface area contributed by atoms with E-state index in [2.05, 4.69) is 22.2 Å². The molecular weight excluding hydrogens is 356 g/mol. The molecule has 3 rings (SSSR count). The lowest BCUT2D eigenvalue weighted by Crippen LogP contribution is -2.45.